The van der Waals surface area contributed by atoms with Crippen molar-refractivity contribution in [1.29, 1.82) is 0 Å². The smallest absolute Gasteiger partial charge is 0.227 e. The van der Waals surface area contributed by atoms with Crippen molar-refractivity contribution in [1.82, 2.24) is 9.97 Å². The van der Waals surface area contributed by atoms with Crippen LogP contribution in [-0.4, -0.2) is 9.97 Å². The molecule has 0 amide bonds. The van der Waals surface area contributed by atoms with Gasteiger partial charge in [0.1, 0.15) is 17.4 Å². The highest BCUT2D eigenvalue weighted by Gasteiger charge is 2.10. The van der Waals surface area contributed by atoms with Crippen molar-refractivity contribution in [2.75, 3.05) is 5.43 Å². The zero-order valence-corrected chi connectivity index (χ0v) is 11.6. The van der Waals surface area contributed by atoms with E-state index in [1.807, 2.05) is 32.9 Å². The Morgan fingerprint density at radius 1 is 1.00 bits per heavy atom. The van der Waals surface area contributed by atoms with Gasteiger partial charge in [0.25, 0.3) is 0 Å². The van der Waals surface area contributed by atoms with E-state index in [1.54, 1.807) is 6.92 Å². The molecule has 0 aliphatic rings. The molecule has 0 unspecified atom stereocenters. The van der Waals surface area contributed by atoms with E-state index in [1.165, 1.54) is 0 Å². The van der Waals surface area contributed by atoms with Crippen LogP contribution in [0.5, 0.6) is 11.6 Å². The third kappa shape index (κ3) is 3.00. The Morgan fingerprint density at radius 2 is 1.63 bits per heavy atom. The van der Waals surface area contributed by atoms with Gasteiger partial charge in [0.15, 0.2) is 0 Å². The molecular formula is C14H18N4O. The molecule has 100 valence electrons. The normalized spacial score (nSPS) is 10.4. The molecule has 0 saturated carbocycles. The number of aryl methyl sites for hydroxylation is 3. The van der Waals surface area contributed by atoms with E-state index in [9.17, 15) is 0 Å². The highest BCUT2D eigenvalue weighted by molar-refractivity contribution is 5.49. The fourth-order valence-electron chi connectivity index (χ4n) is 1.95. The molecule has 2 rings (SSSR count). The van der Waals surface area contributed by atoms with Gasteiger partial charge in [-0.25, -0.2) is 10.8 Å². The number of aromatic nitrogens is 2. The Balaban J connectivity index is 2.40. The summed E-state index contributed by atoms with van der Waals surface area (Å²) >= 11 is 0. The van der Waals surface area contributed by atoms with Crippen LogP contribution in [0, 0.1) is 27.7 Å². The topological polar surface area (TPSA) is 73.1 Å². The highest BCUT2D eigenvalue weighted by atomic mass is 16.5. The second kappa shape index (κ2) is 5.24. The van der Waals surface area contributed by atoms with Crippen LogP contribution in [0.4, 0.5) is 5.82 Å². The lowest BCUT2D eigenvalue weighted by Crippen LogP contribution is -2.12. The van der Waals surface area contributed by atoms with Crippen LogP contribution in [0.1, 0.15) is 22.5 Å². The fraction of sp³-hybridized carbons (Fsp3) is 0.286. The predicted molar refractivity (Wildman–Crippen MR) is 75.3 cm³/mol. The summed E-state index contributed by atoms with van der Waals surface area (Å²) in [6.45, 7) is 7.73. The van der Waals surface area contributed by atoms with E-state index in [4.69, 9.17) is 10.6 Å². The number of nitrogens with two attached hydrogens (primary N) is 1. The predicted octanol–water partition coefficient (Wildman–Crippen LogP) is 2.79. The van der Waals surface area contributed by atoms with E-state index in [0.717, 1.165) is 22.4 Å². The molecule has 0 bridgehead atoms. The van der Waals surface area contributed by atoms with Crippen molar-refractivity contribution in [2.24, 2.45) is 5.84 Å². The summed E-state index contributed by atoms with van der Waals surface area (Å²) < 4.78 is 5.85. The molecule has 0 aliphatic carbocycles. The fourth-order valence-corrected chi connectivity index (χ4v) is 1.95. The number of nitrogen functional groups attached to an aromatic ring is 1. The van der Waals surface area contributed by atoms with Crippen LogP contribution in [0.25, 0.3) is 0 Å². The second-order valence-corrected chi connectivity index (χ2v) is 4.62. The van der Waals surface area contributed by atoms with Crippen LogP contribution < -0.4 is 16.0 Å². The van der Waals surface area contributed by atoms with E-state index in [0.29, 0.717) is 17.5 Å². The Morgan fingerprint density at radius 3 is 2.21 bits per heavy atom. The lowest BCUT2D eigenvalue weighted by atomic mass is 10.1. The molecule has 0 saturated heterocycles. The molecule has 1 aromatic carbocycles. The van der Waals surface area contributed by atoms with Crippen LogP contribution in [-0.2, 0) is 0 Å². The number of hydrogen-bond donors (Lipinski definition) is 2. The molecule has 3 N–H and O–H groups in total. The Labute approximate surface area is 112 Å². The molecule has 0 radical (unpaired) electrons. The highest BCUT2D eigenvalue weighted by Crippen LogP contribution is 2.27. The molecule has 5 nitrogen and oxygen atoms in total. The Bertz CT molecular complexity index is 590. The van der Waals surface area contributed by atoms with Crippen molar-refractivity contribution in [3.05, 3.63) is 40.7 Å². The molecule has 0 atom stereocenters. The summed E-state index contributed by atoms with van der Waals surface area (Å²) in [6, 6.07) is 6.04. The van der Waals surface area contributed by atoms with Gasteiger partial charge in [0.05, 0.1) is 5.56 Å². The maximum absolute atomic E-state index is 5.85. The first-order valence-corrected chi connectivity index (χ1v) is 6.07. The average molecular weight is 258 g/mol. The number of nitrogens with zero attached hydrogens (tertiary/aromatic N) is 2. The van der Waals surface area contributed by atoms with E-state index in [-0.39, 0.29) is 0 Å². The van der Waals surface area contributed by atoms with E-state index < -0.39 is 0 Å². The summed E-state index contributed by atoms with van der Waals surface area (Å²) in [5.41, 5.74) is 5.64. The number of ether oxygens (including phenoxy) is 1. The molecule has 0 fully saturated rings. The van der Waals surface area contributed by atoms with E-state index >= 15 is 0 Å². The lowest BCUT2D eigenvalue weighted by Gasteiger charge is -2.12. The van der Waals surface area contributed by atoms with Gasteiger partial charge in [0, 0.05) is 0 Å². The molecular weight excluding hydrogens is 240 g/mol. The molecule has 2 aromatic rings. The minimum absolute atomic E-state index is 0.519. The minimum atomic E-state index is 0.519. The third-order valence-corrected chi connectivity index (χ3v) is 2.76. The summed E-state index contributed by atoms with van der Waals surface area (Å²) in [6.07, 6.45) is 0. The monoisotopic (exact) mass is 258 g/mol. The van der Waals surface area contributed by atoms with Crippen LogP contribution >= 0.6 is 0 Å². The summed E-state index contributed by atoms with van der Waals surface area (Å²) in [5, 5.41) is 0. The zero-order valence-electron chi connectivity index (χ0n) is 11.6. The average Bonchev–Trinajstić information content (AvgIpc) is 2.32. The van der Waals surface area contributed by atoms with Crippen LogP contribution in [0.2, 0.25) is 0 Å². The number of hydrogen-bond acceptors (Lipinski definition) is 5. The van der Waals surface area contributed by atoms with Gasteiger partial charge in [-0.1, -0.05) is 6.07 Å². The maximum atomic E-state index is 5.85. The lowest BCUT2D eigenvalue weighted by molar-refractivity contribution is 0.455. The zero-order chi connectivity index (χ0) is 14.0. The van der Waals surface area contributed by atoms with Crippen molar-refractivity contribution >= 4 is 5.82 Å². The molecule has 1 aromatic heterocycles. The number of hydrazine groups is 1. The second-order valence-electron chi connectivity index (χ2n) is 4.62. The summed E-state index contributed by atoms with van der Waals surface area (Å²) in [4.78, 5) is 8.51. The van der Waals surface area contributed by atoms with Crippen molar-refractivity contribution in [3.8, 4) is 11.6 Å². The molecule has 19 heavy (non-hydrogen) atoms. The number of nitrogens with one attached hydrogen (secondary N) is 1. The Hall–Kier alpha value is -2.14. The van der Waals surface area contributed by atoms with Gasteiger partial charge in [0.2, 0.25) is 5.88 Å². The molecule has 0 spiro atoms. The summed E-state index contributed by atoms with van der Waals surface area (Å²) in [5.74, 6) is 7.90. The van der Waals surface area contributed by atoms with Crippen molar-refractivity contribution in [2.45, 2.75) is 27.7 Å². The first-order chi connectivity index (χ1) is 8.99. The van der Waals surface area contributed by atoms with Gasteiger partial charge in [-0.05, 0) is 51.0 Å². The number of benzene rings is 1. The number of rotatable bonds is 3. The summed E-state index contributed by atoms with van der Waals surface area (Å²) in [7, 11) is 0. The van der Waals surface area contributed by atoms with Crippen LogP contribution in [0.15, 0.2) is 18.2 Å². The van der Waals surface area contributed by atoms with Crippen LogP contribution in [0.3, 0.4) is 0 Å². The third-order valence-electron chi connectivity index (χ3n) is 2.76. The van der Waals surface area contributed by atoms with Gasteiger partial charge in [-0.3, -0.25) is 0 Å². The first-order valence-electron chi connectivity index (χ1n) is 6.07. The van der Waals surface area contributed by atoms with E-state index in [2.05, 4.69) is 21.5 Å². The number of anilines is 1. The largest absolute Gasteiger partial charge is 0.439 e. The van der Waals surface area contributed by atoms with Gasteiger partial charge < -0.3 is 10.2 Å². The molecule has 1 heterocycles. The van der Waals surface area contributed by atoms with Gasteiger partial charge in [-0.15, -0.1) is 0 Å². The molecule has 5 heteroatoms. The first kappa shape index (κ1) is 13.3. The maximum Gasteiger partial charge on any atom is 0.227 e. The quantitative estimate of drug-likeness (QED) is 0.654. The van der Waals surface area contributed by atoms with Crippen molar-refractivity contribution < 1.29 is 4.74 Å². The standard InChI is InChI=1S/C14H18N4O/c1-8-5-9(2)7-12(6-8)19-14-10(3)13(18-15)16-11(4)17-14/h5-7H,15H2,1-4H3,(H,16,17,18). The van der Waals surface area contributed by atoms with Gasteiger partial charge in [-0.2, -0.15) is 4.98 Å². The van der Waals surface area contributed by atoms with Gasteiger partial charge >= 0.3 is 0 Å². The molecule has 0 aliphatic heterocycles. The Kier molecular flexibility index (Phi) is 3.66. The van der Waals surface area contributed by atoms with Crippen molar-refractivity contribution in [3.63, 3.8) is 0 Å². The SMILES string of the molecule is Cc1cc(C)cc(Oc2nc(C)nc(NN)c2C)c1. The minimum Gasteiger partial charge on any atom is -0.439 e.